The van der Waals surface area contributed by atoms with E-state index >= 15 is 0 Å². The normalized spacial score (nSPS) is 35.1. The number of aromatic nitrogens is 1. The summed E-state index contributed by atoms with van der Waals surface area (Å²) in [5.74, 6) is 0.423. The van der Waals surface area contributed by atoms with E-state index in [9.17, 15) is 24.3 Å². The highest BCUT2D eigenvalue weighted by molar-refractivity contribution is 6.00. The van der Waals surface area contributed by atoms with Crippen LogP contribution in [0.5, 0.6) is 0 Å². The van der Waals surface area contributed by atoms with E-state index in [1.165, 1.54) is 5.57 Å². The Bertz CT molecular complexity index is 1730. The summed E-state index contributed by atoms with van der Waals surface area (Å²) in [6, 6.07) is 4.02. The first kappa shape index (κ1) is 42.5. The minimum absolute atomic E-state index is 0.0413. The van der Waals surface area contributed by atoms with Gasteiger partial charge in [0.1, 0.15) is 6.10 Å². The maximum absolute atomic E-state index is 14.3. The molecular weight excluding hydrogens is 703 g/mol. The average Bonchev–Trinajstić information content (AvgIpc) is 3.41. The molecule has 310 valence electrons. The van der Waals surface area contributed by atoms with Crippen molar-refractivity contribution in [2.75, 3.05) is 27.2 Å². The standard InChI is InChI=1S/C47H71N3O6/c1-30(2)39-33(51)25-47(22-24-50(29-37(52)49(10)11)28-31-13-12-23-48-27-31)21-20-45(8)32(40(39)47)14-15-35-44(7)18-17-36(56-38(53)26-42(3,4)41(54)55)43(5,6)34(44)16-19-46(35,45)9/h12-13,23,27,30,32,34-36H,14-22,24-26,28-29H2,1-11H3,(H,54,55)/t32-,34+,35?,36+,44+,45-,46-,47-/m1/s1. The number of amides is 1. The molecule has 0 bridgehead atoms. The molecule has 1 aromatic heterocycles. The van der Waals surface area contributed by atoms with E-state index in [1.54, 1.807) is 24.9 Å². The fourth-order valence-electron chi connectivity index (χ4n) is 13.5. The van der Waals surface area contributed by atoms with E-state index in [0.29, 0.717) is 43.0 Å². The number of likely N-dealkylation sites (N-methyl/N-ethyl adjacent to an activating group) is 1. The summed E-state index contributed by atoms with van der Waals surface area (Å²) in [7, 11) is 3.63. The second-order valence-corrected chi connectivity index (χ2v) is 21.3. The fraction of sp³-hybridized carbons (Fsp3) is 0.766. The monoisotopic (exact) mass is 774 g/mol. The number of carboxylic acid groups (broad SMARTS) is 1. The Morgan fingerprint density at radius 3 is 2.30 bits per heavy atom. The average molecular weight is 774 g/mol. The summed E-state index contributed by atoms with van der Waals surface area (Å²) < 4.78 is 6.19. The van der Waals surface area contributed by atoms with Gasteiger partial charge in [-0.3, -0.25) is 29.1 Å². The highest BCUT2D eigenvalue weighted by atomic mass is 16.5. The number of nitrogens with zero attached hydrogens (tertiary/aromatic N) is 3. The summed E-state index contributed by atoms with van der Waals surface area (Å²) in [4.78, 5) is 60.5. The van der Waals surface area contributed by atoms with Crippen LogP contribution in [0.15, 0.2) is 35.7 Å². The predicted molar refractivity (Wildman–Crippen MR) is 218 cm³/mol. The van der Waals surface area contributed by atoms with Crippen LogP contribution in [0, 0.1) is 56.2 Å². The number of hydrogen-bond acceptors (Lipinski definition) is 7. The zero-order valence-corrected chi connectivity index (χ0v) is 36.4. The quantitative estimate of drug-likeness (QED) is 0.210. The first-order valence-corrected chi connectivity index (χ1v) is 21.5. The van der Waals surface area contributed by atoms with Gasteiger partial charge in [0, 0.05) is 50.3 Å². The summed E-state index contributed by atoms with van der Waals surface area (Å²) >= 11 is 0. The van der Waals surface area contributed by atoms with Gasteiger partial charge in [-0.2, -0.15) is 0 Å². The van der Waals surface area contributed by atoms with Crippen molar-refractivity contribution >= 4 is 23.6 Å². The molecule has 0 aliphatic heterocycles. The maximum Gasteiger partial charge on any atom is 0.309 e. The van der Waals surface area contributed by atoms with Gasteiger partial charge < -0.3 is 14.7 Å². The molecule has 9 heteroatoms. The maximum atomic E-state index is 14.3. The first-order valence-electron chi connectivity index (χ1n) is 21.5. The zero-order valence-electron chi connectivity index (χ0n) is 36.4. The number of ketones is 1. The number of carbonyl (C=O) groups is 4. The van der Waals surface area contributed by atoms with E-state index in [1.807, 2.05) is 26.4 Å². The molecule has 0 radical (unpaired) electrons. The number of ether oxygens (including phenoxy) is 1. The van der Waals surface area contributed by atoms with Crippen molar-refractivity contribution in [3.05, 3.63) is 41.2 Å². The SMILES string of the molecule is CC(C)C1=C2[C@H]3CCC4[C@@]5(C)CC[C@H](OC(=O)CC(C)(C)C(=O)O)C(C)(C)[C@@H]5CC[C@@]4(C)[C@]3(C)CC[C@@]2(CCN(CC(=O)N(C)C)Cc2cccnc2)CC1=O. The Morgan fingerprint density at radius 1 is 0.964 bits per heavy atom. The fourth-order valence-corrected chi connectivity index (χ4v) is 13.5. The van der Waals surface area contributed by atoms with Crippen molar-refractivity contribution in [3.63, 3.8) is 0 Å². The second kappa shape index (κ2) is 14.9. The number of aliphatic carboxylic acids is 1. The van der Waals surface area contributed by atoms with Gasteiger partial charge in [-0.25, -0.2) is 0 Å². The van der Waals surface area contributed by atoms with E-state index in [0.717, 1.165) is 75.5 Å². The molecule has 1 heterocycles. The third-order valence-corrected chi connectivity index (χ3v) is 16.8. The smallest absolute Gasteiger partial charge is 0.309 e. The van der Waals surface area contributed by atoms with E-state index in [4.69, 9.17) is 4.74 Å². The lowest BCUT2D eigenvalue weighted by molar-refractivity contribution is -0.233. The van der Waals surface area contributed by atoms with Crippen LogP contribution in [-0.4, -0.2) is 76.8 Å². The summed E-state index contributed by atoms with van der Waals surface area (Å²) in [6.45, 7) is 21.6. The van der Waals surface area contributed by atoms with Gasteiger partial charge in [-0.1, -0.05) is 60.1 Å². The molecule has 4 saturated carbocycles. The Kier molecular flexibility index (Phi) is 11.4. The van der Waals surface area contributed by atoms with E-state index in [-0.39, 0.29) is 51.4 Å². The van der Waals surface area contributed by atoms with Crippen molar-refractivity contribution < 1.29 is 29.0 Å². The van der Waals surface area contributed by atoms with Crippen molar-refractivity contribution in [1.82, 2.24) is 14.8 Å². The molecule has 56 heavy (non-hydrogen) atoms. The Hall–Kier alpha value is -3.07. The summed E-state index contributed by atoms with van der Waals surface area (Å²) in [6.07, 6.45) is 13.0. The highest BCUT2D eigenvalue weighted by Crippen LogP contribution is 2.77. The molecule has 5 aliphatic carbocycles. The van der Waals surface area contributed by atoms with Crippen LogP contribution in [0.2, 0.25) is 0 Å². The van der Waals surface area contributed by atoms with Crippen molar-refractivity contribution in [1.29, 1.82) is 0 Å². The zero-order chi connectivity index (χ0) is 41.2. The molecular formula is C47H71N3O6. The molecule has 1 amide bonds. The minimum atomic E-state index is -1.16. The number of hydrogen-bond donors (Lipinski definition) is 1. The van der Waals surface area contributed by atoms with Gasteiger partial charge in [0.25, 0.3) is 0 Å². The molecule has 6 rings (SSSR count). The number of pyridine rings is 1. The third kappa shape index (κ3) is 7.08. The molecule has 4 fully saturated rings. The van der Waals surface area contributed by atoms with Gasteiger partial charge >= 0.3 is 11.9 Å². The van der Waals surface area contributed by atoms with Crippen LogP contribution < -0.4 is 0 Å². The highest BCUT2D eigenvalue weighted by Gasteiger charge is 2.70. The molecule has 8 atom stereocenters. The number of fused-ring (bicyclic) bond motifs is 7. The van der Waals surface area contributed by atoms with Crippen molar-refractivity contribution in [3.8, 4) is 0 Å². The lowest BCUT2D eigenvalue weighted by Gasteiger charge is -2.72. The molecule has 0 saturated heterocycles. The molecule has 1 aromatic rings. The Balaban J connectivity index is 1.27. The van der Waals surface area contributed by atoms with Crippen molar-refractivity contribution in [2.24, 2.45) is 56.2 Å². The lowest BCUT2D eigenvalue weighted by Crippen LogP contribution is -2.65. The first-order chi connectivity index (χ1) is 26.0. The third-order valence-electron chi connectivity index (χ3n) is 16.8. The Morgan fingerprint density at radius 2 is 1.68 bits per heavy atom. The van der Waals surface area contributed by atoms with Crippen LogP contribution in [0.25, 0.3) is 0 Å². The second-order valence-electron chi connectivity index (χ2n) is 21.3. The van der Waals surface area contributed by atoms with E-state index in [2.05, 4.69) is 64.4 Å². The summed E-state index contributed by atoms with van der Waals surface area (Å²) in [5.41, 5.74) is 2.28. The molecule has 9 nitrogen and oxygen atoms in total. The Labute approximate surface area is 336 Å². The van der Waals surface area contributed by atoms with Crippen LogP contribution in [-0.2, 0) is 30.5 Å². The number of Topliss-reactive ketones (excluding diaryl/α,β-unsaturated/α-hetero) is 1. The van der Waals surface area contributed by atoms with Crippen molar-refractivity contribution in [2.45, 2.75) is 146 Å². The number of carbonyl (C=O) groups excluding carboxylic acids is 3. The van der Waals surface area contributed by atoms with Gasteiger partial charge in [0.05, 0.1) is 18.4 Å². The molecule has 0 aromatic carbocycles. The predicted octanol–water partition coefficient (Wildman–Crippen LogP) is 8.76. The lowest BCUT2D eigenvalue weighted by atomic mass is 9.33. The van der Waals surface area contributed by atoms with Crippen LogP contribution >= 0.6 is 0 Å². The molecule has 1 N–H and O–H groups in total. The number of allylic oxidation sites excluding steroid dienone is 2. The minimum Gasteiger partial charge on any atom is -0.481 e. The molecule has 0 spiro atoms. The number of carboxylic acids is 1. The van der Waals surface area contributed by atoms with Gasteiger partial charge in [0.15, 0.2) is 5.78 Å². The largest absolute Gasteiger partial charge is 0.481 e. The number of esters is 1. The van der Waals surface area contributed by atoms with Gasteiger partial charge in [0.2, 0.25) is 5.91 Å². The van der Waals surface area contributed by atoms with E-state index < -0.39 is 17.4 Å². The van der Waals surface area contributed by atoms with Gasteiger partial charge in [-0.15, -0.1) is 0 Å². The van der Waals surface area contributed by atoms with Gasteiger partial charge in [-0.05, 0) is 135 Å². The molecule has 1 unspecified atom stereocenters. The number of rotatable bonds is 12. The van der Waals surface area contributed by atoms with Crippen LogP contribution in [0.4, 0.5) is 0 Å². The van der Waals surface area contributed by atoms with Crippen LogP contribution in [0.1, 0.15) is 139 Å². The topological polar surface area (TPSA) is 117 Å². The summed E-state index contributed by atoms with van der Waals surface area (Å²) in [5, 5.41) is 9.64. The molecule has 5 aliphatic rings. The van der Waals surface area contributed by atoms with Crippen LogP contribution in [0.3, 0.4) is 0 Å².